The summed E-state index contributed by atoms with van der Waals surface area (Å²) in [4.78, 5) is 22.3. The van der Waals surface area contributed by atoms with E-state index in [-0.39, 0.29) is 5.96 Å². The SMILES string of the molecule is Cc1c(C(N)=O)cccc1N1C(N)=NC(N)=NC12CCCCC2. The van der Waals surface area contributed by atoms with E-state index in [9.17, 15) is 4.79 Å². The fourth-order valence-electron chi connectivity index (χ4n) is 3.60. The van der Waals surface area contributed by atoms with E-state index in [1.165, 1.54) is 6.42 Å². The highest BCUT2D eigenvalue weighted by molar-refractivity contribution is 6.07. The molecule has 0 saturated heterocycles. The molecule has 1 aromatic rings. The Morgan fingerprint density at radius 3 is 2.57 bits per heavy atom. The fraction of sp³-hybridized carbons (Fsp3) is 0.438. The van der Waals surface area contributed by atoms with Gasteiger partial charge < -0.3 is 17.2 Å². The minimum absolute atomic E-state index is 0.212. The normalized spacial score (nSPS) is 20.1. The van der Waals surface area contributed by atoms with Crippen LogP contribution in [0.5, 0.6) is 0 Å². The van der Waals surface area contributed by atoms with Gasteiger partial charge in [-0.05, 0) is 50.3 Å². The minimum Gasteiger partial charge on any atom is -0.369 e. The Hall–Kier alpha value is -2.57. The van der Waals surface area contributed by atoms with E-state index in [1.807, 2.05) is 17.9 Å². The van der Waals surface area contributed by atoms with E-state index >= 15 is 0 Å². The van der Waals surface area contributed by atoms with Gasteiger partial charge in [0.15, 0.2) is 0 Å². The van der Waals surface area contributed by atoms with Crippen molar-refractivity contribution < 1.29 is 4.79 Å². The second kappa shape index (κ2) is 5.57. The molecule has 1 aliphatic heterocycles. The van der Waals surface area contributed by atoms with E-state index in [0.717, 1.165) is 36.9 Å². The van der Waals surface area contributed by atoms with Crippen LogP contribution < -0.4 is 22.1 Å². The number of nitrogens with zero attached hydrogens (tertiary/aromatic N) is 3. The molecule has 0 aromatic heterocycles. The van der Waals surface area contributed by atoms with Gasteiger partial charge in [-0.3, -0.25) is 9.69 Å². The highest BCUT2D eigenvalue weighted by Crippen LogP contribution is 2.40. The molecule has 23 heavy (non-hydrogen) atoms. The van der Waals surface area contributed by atoms with Crippen molar-refractivity contribution in [1.29, 1.82) is 0 Å². The number of rotatable bonds is 2. The van der Waals surface area contributed by atoms with Gasteiger partial charge in [0.2, 0.25) is 17.8 Å². The van der Waals surface area contributed by atoms with Crippen molar-refractivity contribution in [2.24, 2.45) is 27.2 Å². The van der Waals surface area contributed by atoms with E-state index in [0.29, 0.717) is 11.5 Å². The average molecular weight is 314 g/mol. The second-order valence-corrected chi connectivity index (χ2v) is 6.13. The molecule has 1 heterocycles. The largest absolute Gasteiger partial charge is 0.369 e. The van der Waals surface area contributed by atoms with Crippen molar-refractivity contribution >= 4 is 23.5 Å². The van der Waals surface area contributed by atoms with Crippen LogP contribution in [0.2, 0.25) is 0 Å². The first-order chi connectivity index (χ1) is 10.9. The first-order valence-electron chi connectivity index (χ1n) is 7.84. The molecule has 7 heteroatoms. The molecule has 1 amide bonds. The number of nitrogens with two attached hydrogens (primary N) is 3. The molecule has 7 nitrogen and oxygen atoms in total. The summed E-state index contributed by atoms with van der Waals surface area (Å²) in [5.74, 6) is 0.0612. The molecule has 2 aliphatic rings. The van der Waals surface area contributed by atoms with Gasteiger partial charge in [0.25, 0.3) is 0 Å². The minimum atomic E-state index is -0.519. The maximum Gasteiger partial charge on any atom is 0.249 e. The smallest absolute Gasteiger partial charge is 0.249 e. The molecular formula is C16H22N6O. The van der Waals surface area contributed by atoms with E-state index < -0.39 is 11.6 Å². The standard InChI is InChI=1S/C16H22N6O/c1-10-11(13(17)23)6-5-7-12(10)22-15(19)20-14(18)21-16(22)8-3-2-4-9-16/h5-7H,2-4,8-9H2,1H3,(H2,17,23)(H4,18,19,20,21). The molecule has 1 fully saturated rings. The molecule has 1 aliphatic carbocycles. The Bertz CT molecular complexity index is 703. The van der Waals surface area contributed by atoms with Crippen molar-refractivity contribution in [3.05, 3.63) is 29.3 Å². The van der Waals surface area contributed by atoms with Crippen LogP contribution >= 0.6 is 0 Å². The molecular weight excluding hydrogens is 292 g/mol. The Labute approximate surface area is 135 Å². The average Bonchev–Trinajstić information content (AvgIpc) is 2.48. The number of guanidine groups is 2. The van der Waals surface area contributed by atoms with Crippen LogP contribution in [0.3, 0.4) is 0 Å². The lowest BCUT2D eigenvalue weighted by atomic mass is 9.86. The Morgan fingerprint density at radius 1 is 1.22 bits per heavy atom. The van der Waals surface area contributed by atoms with E-state index in [2.05, 4.69) is 9.98 Å². The van der Waals surface area contributed by atoms with Crippen molar-refractivity contribution in [3.63, 3.8) is 0 Å². The summed E-state index contributed by atoms with van der Waals surface area (Å²) in [6.07, 6.45) is 4.97. The van der Waals surface area contributed by atoms with E-state index in [1.54, 1.807) is 12.1 Å². The lowest BCUT2D eigenvalue weighted by Crippen LogP contribution is -2.58. The number of hydrogen-bond acceptors (Lipinski definition) is 6. The third kappa shape index (κ3) is 2.52. The molecule has 0 radical (unpaired) electrons. The number of carbonyl (C=O) groups is 1. The summed E-state index contributed by atoms with van der Waals surface area (Å²) in [6.45, 7) is 1.86. The molecule has 3 rings (SSSR count). The number of hydrogen-bond donors (Lipinski definition) is 3. The Morgan fingerprint density at radius 2 is 1.91 bits per heavy atom. The number of anilines is 1. The molecule has 0 bridgehead atoms. The molecule has 1 aromatic carbocycles. The predicted molar refractivity (Wildman–Crippen MR) is 91.2 cm³/mol. The van der Waals surface area contributed by atoms with Crippen LogP contribution in [-0.4, -0.2) is 23.5 Å². The van der Waals surface area contributed by atoms with Crippen LogP contribution in [0.4, 0.5) is 5.69 Å². The van der Waals surface area contributed by atoms with Crippen LogP contribution in [0.15, 0.2) is 28.2 Å². The molecule has 6 N–H and O–H groups in total. The maximum atomic E-state index is 11.7. The van der Waals surface area contributed by atoms with E-state index in [4.69, 9.17) is 17.2 Å². The van der Waals surface area contributed by atoms with Crippen LogP contribution in [0.25, 0.3) is 0 Å². The number of carbonyl (C=O) groups excluding carboxylic acids is 1. The van der Waals surface area contributed by atoms with Gasteiger partial charge >= 0.3 is 0 Å². The zero-order valence-corrected chi connectivity index (χ0v) is 13.2. The van der Waals surface area contributed by atoms with Crippen molar-refractivity contribution in [2.75, 3.05) is 4.90 Å². The molecule has 1 saturated carbocycles. The first kappa shape index (κ1) is 15.3. The highest BCUT2D eigenvalue weighted by Gasteiger charge is 2.43. The predicted octanol–water partition coefficient (Wildman–Crippen LogP) is 1.20. The highest BCUT2D eigenvalue weighted by atomic mass is 16.1. The second-order valence-electron chi connectivity index (χ2n) is 6.13. The summed E-state index contributed by atoms with van der Waals surface area (Å²) in [6, 6.07) is 5.43. The topological polar surface area (TPSA) is 123 Å². The van der Waals surface area contributed by atoms with Gasteiger partial charge in [0, 0.05) is 11.3 Å². The first-order valence-corrected chi connectivity index (χ1v) is 7.84. The summed E-state index contributed by atoms with van der Waals surface area (Å²) in [5.41, 5.74) is 19.1. The number of primary amides is 1. The molecule has 0 unspecified atom stereocenters. The van der Waals surface area contributed by atoms with Crippen molar-refractivity contribution in [3.8, 4) is 0 Å². The van der Waals surface area contributed by atoms with Gasteiger partial charge in [-0.1, -0.05) is 12.5 Å². The Kier molecular flexibility index (Phi) is 3.71. The van der Waals surface area contributed by atoms with Crippen LogP contribution in [-0.2, 0) is 0 Å². The lowest BCUT2D eigenvalue weighted by Gasteiger charge is -2.46. The van der Waals surface area contributed by atoms with Gasteiger partial charge in [-0.2, -0.15) is 4.99 Å². The quantitative estimate of drug-likeness (QED) is 0.759. The van der Waals surface area contributed by atoms with Gasteiger partial charge in [-0.15, -0.1) is 0 Å². The third-order valence-electron chi connectivity index (χ3n) is 4.66. The summed E-state index contributed by atoms with van der Waals surface area (Å²) in [7, 11) is 0. The molecule has 1 spiro atoms. The third-order valence-corrected chi connectivity index (χ3v) is 4.66. The zero-order chi connectivity index (χ0) is 16.6. The number of aliphatic imine (C=N–C) groups is 2. The van der Waals surface area contributed by atoms with Crippen molar-refractivity contribution in [1.82, 2.24) is 0 Å². The summed E-state index contributed by atoms with van der Waals surface area (Å²) >= 11 is 0. The molecule has 0 atom stereocenters. The lowest BCUT2D eigenvalue weighted by molar-refractivity contribution is 0.0999. The van der Waals surface area contributed by atoms with Gasteiger partial charge in [0.1, 0.15) is 5.66 Å². The molecule has 122 valence electrons. The maximum absolute atomic E-state index is 11.7. The van der Waals surface area contributed by atoms with Gasteiger partial charge in [0.05, 0.1) is 0 Å². The number of amides is 1. The summed E-state index contributed by atoms with van der Waals surface area (Å²) < 4.78 is 0. The summed E-state index contributed by atoms with van der Waals surface area (Å²) in [5, 5.41) is 0. The van der Waals surface area contributed by atoms with Crippen molar-refractivity contribution in [2.45, 2.75) is 44.7 Å². The Balaban J connectivity index is 2.15. The van der Waals surface area contributed by atoms with Crippen LogP contribution in [0, 0.1) is 6.92 Å². The van der Waals surface area contributed by atoms with Gasteiger partial charge in [-0.25, -0.2) is 4.99 Å². The number of benzene rings is 1. The fourth-order valence-corrected chi connectivity index (χ4v) is 3.60. The van der Waals surface area contributed by atoms with Crippen LogP contribution in [0.1, 0.15) is 48.0 Å². The zero-order valence-electron chi connectivity index (χ0n) is 13.2. The monoisotopic (exact) mass is 314 g/mol.